The van der Waals surface area contributed by atoms with E-state index in [9.17, 15) is 13.2 Å². The normalized spacial score (nSPS) is 16.1. The van der Waals surface area contributed by atoms with Crippen molar-refractivity contribution in [3.05, 3.63) is 29.3 Å². The average molecular weight is 310 g/mol. The second-order valence-corrected chi connectivity index (χ2v) is 7.28. The molecule has 116 valence electrons. The highest BCUT2D eigenvalue weighted by atomic mass is 32.2. The van der Waals surface area contributed by atoms with Gasteiger partial charge in [0, 0.05) is 25.2 Å². The Morgan fingerprint density at radius 1 is 1.29 bits per heavy atom. The van der Waals surface area contributed by atoms with E-state index >= 15 is 0 Å². The molecule has 1 amide bonds. The van der Waals surface area contributed by atoms with Gasteiger partial charge < -0.3 is 5.32 Å². The molecule has 0 bridgehead atoms. The van der Waals surface area contributed by atoms with E-state index in [1.165, 1.54) is 10.4 Å². The summed E-state index contributed by atoms with van der Waals surface area (Å²) in [5.41, 5.74) is 1.22. The second-order valence-electron chi connectivity index (χ2n) is 5.34. The van der Waals surface area contributed by atoms with Crippen molar-refractivity contribution in [2.45, 2.75) is 38.0 Å². The maximum atomic E-state index is 12.5. The van der Waals surface area contributed by atoms with Crippen molar-refractivity contribution in [2.75, 3.05) is 19.6 Å². The van der Waals surface area contributed by atoms with Gasteiger partial charge in [-0.1, -0.05) is 13.0 Å². The van der Waals surface area contributed by atoms with Crippen molar-refractivity contribution in [1.29, 1.82) is 0 Å². The van der Waals surface area contributed by atoms with E-state index in [1.807, 2.05) is 13.8 Å². The Hall–Kier alpha value is -1.40. The number of nitrogens with zero attached hydrogens (tertiary/aromatic N) is 1. The molecule has 1 saturated heterocycles. The van der Waals surface area contributed by atoms with Gasteiger partial charge in [-0.2, -0.15) is 4.31 Å². The Morgan fingerprint density at radius 2 is 1.95 bits per heavy atom. The summed E-state index contributed by atoms with van der Waals surface area (Å²) in [4.78, 5) is 12.3. The number of hydrogen-bond donors (Lipinski definition) is 1. The highest BCUT2D eigenvalue weighted by Gasteiger charge is 2.28. The lowest BCUT2D eigenvalue weighted by Gasteiger charge is -2.16. The van der Waals surface area contributed by atoms with Gasteiger partial charge in [-0.15, -0.1) is 0 Å². The highest BCUT2D eigenvalue weighted by molar-refractivity contribution is 7.89. The summed E-state index contributed by atoms with van der Waals surface area (Å²) < 4.78 is 26.5. The lowest BCUT2D eigenvalue weighted by Crippen LogP contribution is -2.29. The maximum Gasteiger partial charge on any atom is 0.251 e. The van der Waals surface area contributed by atoms with Crippen molar-refractivity contribution in [2.24, 2.45) is 0 Å². The number of carbonyl (C=O) groups is 1. The molecule has 0 radical (unpaired) electrons. The number of aryl methyl sites for hydroxylation is 1. The topological polar surface area (TPSA) is 66.5 Å². The van der Waals surface area contributed by atoms with E-state index in [1.54, 1.807) is 12.1 Å². The van der Waals surface area contributed by atoms with Crippen LogP contribution in [0, 0.1) is 6.92 Å². The first-order valence-corrected chi connectivity index (χ1v) is 8.80. The van der Waals surface area contributed by atoms with Crippen molar-refractivity contribution in [3.8, 4) is 0 Å². The first-order valence-electron chi connectivity index (χ1n) is 7.36. The monoisotopic (exact) mass is 310 g/mol. The molecule has 1 aliphatic rings. The van der Waals surface area contributed by atoms with Crippen molar-refractivity contribution in [3.63, 3.8) is 0 Å². The number of amides is 1. The molecule has 0 atom stereocenters. The molecule has 1 aliphatic heterocycles. The maximum absolute atomic E-state index is 12.5. The molecule has 1 aromatic carbocycles. The van der Waals surface area contributed by atoms with Gasteiger partial charge in [-0.05, 0) is 43.9 Å². The second kappa shape index (κ2) is 6.58. The van der Waals surface area contributed by atoms with Gasteiger partial charge in [0.05, 0.1) is 4.90 Å². The Kier molecular flexibility index (Phi) is 5.00. The van der Waals surface area contributed by atoms with Crippen LogP contribution >= 0.6 is 0 Å². The molecule has 21 heavy (non-hydrogen) atoms. The fourth-order valence-corrected chi connectivity index (χ4v) is 3.96. The molecule has 0 aliphatic carbocycles. The predicted octanol–water partition coefficient (Wildman–Crippen LogP) is 1.92. The fourth-order valence-electron chi connectivity index (χ4n) is 2.42. The SMILES string of the molecule is CCCNC(=O)c1cc(S(=O)(=O)N2CCCC2)ccc1C. The molecule has 6 heteroatoms. The average Bonchev–Trinajstić information content (AvgIpc) is 3.00. The third-order valence-corrected chi connectivity index (χ3v) is 5.59. The number of nitrogens with one attached hydrogen (secondary N) is 1. The van der Waals surface area contributed by atoms with Gasteiger partial charge in [0.2, 0.25) is 10.0 Å². The summed E-state index contributed by atoms with van der Waals surface area (Å²) in [7, 11) is -3.48. The molecular formula is C15H22N2O3S. The van der Waals surface area contributed by atoms with E-state index in [2.05, 4.69) is 5.32 Å². The first-order chi connectivity index (χ1) is 9.96. The molecule has 0 unspecified atom stereocenters. The van der Waals surface area contributed by atoms with Crippen LogP contribution in [0.15, 0.2) is 23.1 Å². The smallest absolute Gasteiger partial charge is 0.251 e. The Bertz CT molecular complexity index is 620. The molecule has 0 spiro atoms. The fraction of sp³-hybridized carbons (Fsp3) is 0.533. The van der Waals surface area contributed by atoms with Gasteiger partial charge in [0.25, 0.3) is 5.91 Å². The molecular weight excluding hydrogens is 288 g/mol. The number of rotatable bonds is 5. The quantitative estimate of drug-likeness (QED) is 0.903. The van der Waals surface area contributed by atoms with E-state index in [4.69, 9.17) is 0 Å². The summed E-state index contributed by atoms with van der Waals surface area (Å²) in [6.45, 7) is 5.50. The lowest BCUT2D eigenvalue weighted by molar-refractivity contribution is 0.0953. The molecule has 1 aromatic rings. The number of hydrogen-bond acceptors (Lipinski definition) is 3. The summed E-state index contributed by atoms with van der Waals surface area (Å²) in [5.74, 6) is -0.215. The van der Waals surface area contributed by atoms with Crippen LogP contribution in [0.4, 0.5) is 0 Å². The van der Waals surface area contributed by atoms with Crippen molar-refractivity contribution in [1.82, 2.24) is 9.62 Å². The summed E-state index contributed by atoms with van der Waals surface area (Å²) in [6, 6.07) is 4.78. The van der Waals surface area contributed by atoms with Crippen LogP contribution in [0.2, 0.25) is 0 Å². The molecule has 0 aromatic heterocycles. The van der Waals surface area contributed by atoms with Gasteiger partial charge in [-0.25, -0.2) is 8.42 Å². The minimum atomic E-state index is -3.48. The van der Waals surface area contributed by atoms with Gasteiger partial charge in [0.15, 0.2) is 0 Å². The van der Waals surface area contributed by atoms with Crippen LogP contribution in [-0.2, 0) is 10.0 Å². The predicted molar refractivity (Wildman–Crippen MR) is 81.8 cm³/mol. The Labute approximate surface area is 126 Å². The standard InChI is InChI=1S/C15H22N2O3S/c1-3-8-16-15(18)14-11-13(7-6-12(14)2)21(19,20)17-9-4-5-10-17/h6-7,11H,3-5,8-10H2,1-2H3,(H,16,18). The van der Waals surface area contributed by atoms with Crippen LogP contribution in [-0.4, -0.2) is 38.3 Å². The summed E-state index contributed by atoms with van der Waals surface area (Å²) >= 11 is 0. The molecule has 2 rings (SSSR count). The third kappa shape index (κ3) is 3.44. The van der Waals surface area contributed by atoms with E-state index in [-0.39, 0.29) is 10.8 Å². The van der Waals surface area contributed by atoms with Gasteiger partial charge in [0.1, 0.15) is 0 Å². The third-order valence-electron chi connectivity index (χ3n) is 3.69. The number of benzene rings is 1. The van der Waals surface area contributed by atoms with E-state index < -0.39 is 10.0 Å². The lowest BCUT2D eigenvalue weighted by atomic mass is 10.1. The molecule has 5 nitrogen and oxygen atoms in total. The van der Waals surface area contributed by atoms with Crippen LogP contribution < -0.4 is 5.32 Å². The summed E-state index contributed by atoms with van der Waals surface area (Å²) in [6.07, 6.45) is 2.64. The van der Waals surface area contributed by atoms with Crippen molar-refractivity contribution < 1.29 is 13.2 Å². The van der Waals surface area contributed by atoms with Gasteiger partial charge >= 0.3 is 0 Å². The van der Waals surface area contributed by atoms with E-state index in [0.29, 0.717) is 25.2 Å². The Balaban J connectivity index is 2.31. The minimum Gasteiger partial charge on any atom is -0.352 e. The molecule has 1 N–H and O–H groups in total. The first kappa shape index (κ1) is 16.0. The minimum absolute atomic E-state index is 0.205. The van der Waals surface area contributed by atoms with Crippen LogP contribution in [0.3, 0.4) is 0 Å². The summed E-state index contributed by atoms with van der Waals surface area (Å²) in [5, 5.41) is 2.79. The molecule has 1 fully saturated rings. The largest absolute Gasteiger partial charge is 0.352 e. The highest BCUT2D eigenvalue weighted by Crippen LogP contribution is 2.23. The van der Waals surface area contributed by atoms with Crippen LogP contribution in [0.25, 0.3) is 0 Å². The van der Waals surface area contributed by atoms with Crippen LogP contribution in [0.1, 0.15) is 42.1 Å². The number of carbonyl (C=O) groups excluding carboxylic acids is 1. The zero-order valence-electron chi connectivity index (χ0n) is 12.6. The van der Waals surface area contributed by atoms with E-state index in [0.717, 1.165) is 24.8 Å². The van der Waals surface area contributed by atoms with Gasteiger partial charge in [-0.3, -0.25) is 4.79 Å². The van der Waals surface area contributed by atoms with Crippen LogP contribution in [0.5, 0.6) is 0 Å². The zero-order valence-corrected chi connectivity index (χ0v) is 13.4. The van der Waals surface area contributed by atoms with Crippen molar-refractivity contribution >= 4 is 15.9 Å². The zero-order chi connectivity index (χ0) is 15.5. The number of sulfonamides is 1. The Morgan fingerprint density at radius 3 is 2.57 bits per heavy atom. The molecule has 1 heterocycles. The molecule has 0 saturated carbocycles.